The average Bonchev–Trinajstić information content (AvgIpc) is 2.94. The second-order valence-corrected chi connectivity index (χ2v) is 7.07. The third kappa shape index (κ3) is 2.74. The molecule has 9 heteroatoms. The van der Waals surface area contributed by atoms with Crippen LogP contribution in [0.4, 0.5) is 0 Å². The van der Waals surface area contributed by atoms with Crippen LogP contribution < -0.4 is 16.0 Å². The lowest BCUT2D eigenvalue weighted by atomic mass is 10.4. The van der Waals surface area contributed by atoms with Crippen molar-refractivity contribution < 1.29 is 8.42 Å². The first-order chi connectivity index (χ1) is 9.33. The molecule has 2 rings (SSSR count). The summed E-state index contributed by atoms with van der Waals surface area (Å²) in [5.41, 5.74) is -0.667. The SMILES string of the molecule is Cn1c(CNS(=O)(=O)c2cccs2)cc(=O)n(C)c1=O. The summed E-state index contributed by atoms with van der Waals surface area (Å²) in [7, 11) is -0.775. The van der Waals surface area contributed by atoms with Gasteiger partial charge in [-0.05, 0) is 11.4 Å². The Labute approximate surface area is 119 Å². The van der Waals surface area contributed by atoms with Crippen molar-refractivity contribution in [3.63, 3.8) is 0 Å². The Morgan fingerprint density at radius 3 is 2.55 bits per heavy atom. The topological polar surface area (TPSA) is 90.2 Å². The van der Waals surface area contributed by atoms with E-state index in [-0.39, 0.29) is 10.8 Å². The van der Waals surface area contributed by atoms with Crippen molar-refractivity contribution in [2.75, 3.05) is 0 Å². The van der Waals surface area contributed by atoms with E-state index in [1.54, 1.807) is 11.4 Å². The predicted octanol–water partition coefficient (Wildman–Crippen LogP) is -0.376. The molecule has 0 atom stereocenters. The fraction of sp³-hybridized carbons (Fsp3) is 0.273. The molecule has 7 nitrogen and oxygen atoms in total. The number of nitrogens with zero attached hydrogens (tertiary/aromatic N) is 2. The molecular formula is C11H13N3O4S2. The third-order valence-electron chi connectivity index (χ3n) is 2.83. The highest BCUT2D eigenvalue weighted by Crippen LogP contribution is 2.15. The fourth-order valence-electron chi connectivity index (χ4n) is 1.60. The molecule has 0 spiro atoms. The standard InChI is InChI=1S/C11H13N3O4S2/c1-13-8(6-9(15)14(2)11(13)16)7-12-20(17,18)10-4-3-5-19-10/h3-6,12H,7H2,1-2H3. The van der Waals surface area contributed by atoms with Crippen LogP contribution in [0.25, 0.3) is 0 Å². The van der Waals surface area contributed by atoms with E-state index >= 15 is 0 Å². The molecule has 2 aromatic heterocycles. The number of thiophene rings is 1. The normalized spacial score (nSPS) is 11.7. The van der Waals surface area contributed by atoms with Crippen molar-refractivity contribution in [3.05, 3.63) is 50.1 Å². The van der Waals surface area contributed by atoms with Crippen molar-refractivity contribution in [3.8, 4) is 0 Å². The van der Waals surface area contributed by atoms with Crippen LogP contribution in [0.1, 0.15) is 5.69 Å². The number of nitrogens with one attached hydrogen (secondary N) is 1. The molecule has 0 bridgehead atoms. The summed E-state index contributed by atoms with van der Waals surface area (Å²) in [6.07, 6.45) is 0. The number of rotatable bonds is 4. The smallest absolute Gasteiger partial charge is 0.299 e. The molecule has 0 aromatic carbocycles. The van der Waals surface area contributed by atoms with Gasteiger partial charge in [0.05, 0.1) is 6.54 Å². The molecule has 0 unspecified atom stereocenters. The maximum atomic E-state index is 11.9. The van der Waals surface area contributed by atoms with Crippen molar-refractivity contribution >= 4 is 21.4 Å². The molecule has 0 radical (unpaired) electrons. The van der Waals surface area contributed by atoms with E-state index in [4.69, 9.17) is 0 Å². The fourth-order valence-corrected chi connectivity index (χ4v) is 3.64. The van der Waals surface area contributed by atoms with Gasteiger partial charge >= 0.3 is 5.69 Å². The van der Waals surface area contributed by atoms with Crippen molar-refractivity contribution in [1.82, 2.24) is 13.9 Å². The molecule has 0 aliphatic heterocycles. The Bertz CT molecular complexity index is 832. The zero-order valence-corrected chi connectivity index (χ0v) is 12.5. The highest BCUT2D eigenvalue weighted by Gasteiger charge is 2.15. The second kappa shape index (κ2) is 5.35. The van der Waals surface area contributed by atoms with Crippen molar-refractivity contribution in [2.24, 2.45) is 14.1 Å². The van der Waals surface area contributed by atoms with Crippen LogP contribution in [0.2, 0.25) is 0 Å². The van der Waals surface area contributed by atoms with Gasteiger partial charge in [0.2, 0.25) is 10.0 Å². The lowest BCUT2D eigenvalue weighted by Crippen LogP contribution is -2.39. The maximum Gasteiger partial charge on any atom is 0.330 e. The van der Waals surface area contributed by atoms with Gasteiger partial charge in [-0.15, -0.1) is 11.3 Å². The molecule has 2 heterocycles. The first kappa shape index (κ1) is 14.7. The van der Waals surface area contributed by atoms with Crippen LogP contribution in [-0.2, 0) is 30.7 Å². The van der Waals surface area contributed by atoms with E-state index in [2.05, 4.69) is 4.72 Å². The molecule has 0 amide bonds. The molecule has 0 saturated carbocycles. The van der Waals surface area contributed by atoms with Crippen LogP contribution in [0.5, 0.6) is 0 Å². The first-order valence-electron chi connectivity index (χ1n) is 5.62. The lowest BCUT2D eigenvalue weighted by Gasteiger charge is -2.10. The van der Waals surface area contributed by atoms with Crippen LogP contribution in [0, 0.1) is 0 Å². The van der Waals surface area contributed by atoms with Crippen molar-refractivity contribution in [1.29, 1.82) is 0 Å². The molecule has 0 aliphatic rings. The number of hydrogen-bond acceptors (Lipinski definition) is 5. The molecular weight excluding hydrogens is 302 g/mol. The molecule has 108 valence electrons. The van der Waals surface area contributed by atoms with Gasteiger partial charge in [-0.1, -0.05) is 6.07 Å². The summed E-state index contributed by atoms with van der Waals surface area (Å²) in [6.45, 7) is -0.123. The van der Waals surface area contributed by atoms with E-state index < -0.39 is 21.3 Å². The molecule has 0 fully saturated rings. The number of hydrogen-bond donors (Lipinski definition) is 1. The largest absolute Gasteiger partial charge is 0.330 e. The minimum Gasteiger partial charge on any atom is -0.299 e. The zero-order chi connectivity index (χ0) is 14.9. The lowest BCUT2D eigenvalue weighted by molar-refractivity contribution is 0.576. The molecule has 20 heavy (non-hydrogen) atoms. The van der Waals surface area contributed by atoms with Gasteiger partial charge in [0.1, 0.15) is 4.21 Å². The van der Waals surface area contributed by atoms with E-state index in [1.807, 2.05) is 0 Å². The summed E-state index contributed by atoms with van der Waals surface area (Å²) >= 11 is 1.09. The summed E-state index contributed by atoms with van der Waals surface area (Å²) in [5.74, 6) is 0. The molecule has 0 saturated heterocycles. The third-order valence-corrected chi connectivity index (χ3v) is 5.63. The monoisotopic (exact) mass is 315 g/mol. The summed E-state index contributed by atoms with van der Waals surface area (Å²) in [4.78, 5) is 23.3. The van der Waals surface area contributed by atoms with Gasteiger partial charge in [-0.25, -0.2) is 17.9 Å². The highest BCUT2D eigenvalue weighted by molar-refractivity contribution is 7.91. The molecule has 2 aromatic rings. The highest BCUT2D eigenvalue weighted by atomic mass is 32.2. The summed E-state index contributed by atoms with van der Waals surface area (Å²) < 4.78 is 28.6. The Balaban J connectivity index is 2.29. The van der Waals surface area contributed by atoms with E-state index in [0.29, 0.717) is 5.69 Å². The number of aromatic nitrogens is 2. The van der Waals surface area contributed by atoms with E-state index in [0.717, 1.165) is 15.9 Å². The molecule has 0 aliphatic carbocycles. The van der Waals surface area contributed by atoms with Crippen LogP contribution in [-0.4, -0.2) is 17.6 Å². The van der Waals surface area contributed by atoms with Gasteiger partial charge in [0.15, 0.2) is 0 Å². The van der Waals surface area contributed by atoms with Crippen LogP contribution in [0.15, 0.2) is 37.4 Å². The maximum absolute atomic E-state index is 11.9. The van der Waals surface area contributed by atoms with E-state index in [1.165, 1.54) is 30.8 Å². The second-order valence-electron chi connectivity index (χ2n) is 4.13. The van der Waals surface area contributed by atoms with Gasteiger partial charge in [0.25, 0.3) is 5.56 Å². The molecule has 1 N–H and O–H groups in total. The Kier molecular flexibility index (Phi) is 3.93. The van der Waals surface area contributed by atoms with E-state index in [9.17, 15) is 18.0 Å². The van der Waals surface area contributed by atoms with Crippen LogP contribution >= 0.6 is 11.3 Å². The minimum absolute atomic E-state index is 0.123. The Morgan fingerprint density at radius 2 is 1.95 bits per heavy atom. The van der Waals surface area contributed by atoms with Gasteiger partial charge < -0.3 is 0 Å². The number of sulfonamides is 1. The van der Waals surface area contributed by atoms with Gasteiger partial charge in [-0.2, -0.15) is 0 Å². The predicted molar refractivity (Wildman–Crippen MR) is 75.3 cm³/mol. The van der Waals surface area contributed by atoms with Crippen molar-refractivity contribution in [2.45, 2.75) is 10.8 Å². The summed E-state index contributed by atoms with van der Waals surface area (Å²) in [5, 5.41) is 1.66. The van der Waals surface area contributed by atoms with Gasteiger partial charge in [0, 0.05) is 25.9 Å². The quantitative estimate of drug-likeness (QED) is 0.833. The van der Waals surface area contributed by atoms with Crippen LogP contribution in [0.3, 0.4) is 0 Å². The zero-order valence-electron chi connectivity index (χ0n) is 10.9. The minimum atomic E-state index is -3.62. The first-order valence-corrected chi connectivity index (χ1v) is 7.98. The average molecular weight is 315 g/mol. The Morgan fingerprint density at radius 1 is 1.25 bits per heavy atom. The van der Waals surface area contributed by atoms with Gasteiger partial charge in [-0.3, -0.25) is 13.9 Å². The summed E-state index contributed by atoms with van der Waals surface area (Å²) in [6, 6.07) is 4.35. The Hall–Kier alpha value is -1.71.